The number of hydrogen-bond acceptors (Lipinski definition) is 6. The zero-order valence-corrected chi connectivity index (χ0v) is 19.2. The highest BCUT2D eigenvalue weighted by atomic mass is 32.2. The van der Waals surface area contributed by atoms with Crippen LogP contribution in [0.1, 0.15) is 35.2 Å². The quantitative estimate of drug-likeness (QED) is 0.744. The van der Waals surface area contributed by atoms with Crippen molar-refractivity contribution in [1.29, 1.82) is 0 Å². The van der Waals surface area contributed by atoms with Crippen LogP contribution in [0, 0.1) is 27.7 Å². The van der Waals surface area contributed by atoms with Crippen molar-refractivity contribution in [3.63, 3.8) is 0 Å². The fourth-order valence-corrected chi connectivity index (χ4v) is 6.45. The molecule has 0 amide bonds. The lowest BCUT2D eigenvalue weighted by atomic mass is 10.1. The monoisotopic (exact) mass is 429 g/mol. The molecule has 4 rings (SSSR count). The maximum atomic E-state index is 13.3. The van der Waals surface area contributed by atoms with Gasteiger partial charge in [0.2, 0.25) is 16.0 Å². The number of nitrogens with zero attached hydrogens (tertiary/aromatic N) is 5. The standard InChI is InChI=1S/C22H31N5O2S/c1-16-13-17(2)21(18(3)14-16)30(28,29)27-11-9-26(10-12-27)22-23-19(4)15-20(24-22)25-7-5-6-8-25/h13-15H,5-12H2,1-4H3. The van der Waals surface area contributed by atoms with Gasteiger partial charge in [-0.3, -0.25) is 0 Å². The summed E-state index contributed by atoms with van der Waals surface area (Å²) < 4.78 is 28.3. The van der Waals surface area contributed by atoms with E-state index in [2.05, 4.69) is 14.8 Å². The Morgan fingerprint density at radius 1 is 0.767 bits per heavy atom. The number of anilines is 2. The number of piperazine rings is 1. The SMILES string of the molecule is Cc1cc(C)c(S(=O)(=O)N2CCN(c3nc(C)cc(N4CCCC4)n3)CC2)c(C)c1. The smallest absolute Gasteiger partial charge is 0.243 e. The molecule has 0 spiro atoms. The minimum atomic E-state index is -3.52. The second kappa shape index (κ2) is 8.15. The first-order valence-electron chi connectivity index (χ1n) is 10.7. The summed E-state index contributed by atoms with van der Waals surface area (Å²) in [6.45, 7) is 11.9. The summed E-state index contributed by atoms with van der Waals surface area (Å²) in [5.74, 6) is 1.69. The van der Waals surface area contributed by atoms with E-state index < -0.39 is 10.0 Å². The molecule has 0 radical (unpaired) electrons. The molecule has 162 valence electrons. The van der Waals surface area contributed by atoms with Crippen molar-refractivity contribution in [2.75, 3.05) is 49.1 Å². The van der Waals surface area contributed by atoms with E-state index in [9.17, 15) is 8.42 Å². The lowest BCUT2D eigenvalue weighted by Gasteiger charge is -2.35. The Bertz CT molecular complexity index is 1020. The van der Waals surface area contributed by atoms with Gasteiger partial charge in [0.05, 0.1) is 4.90 Å². The van der Waals surface area contributed by atoms with Gasteiger partial charge >= 0.3 is 0 Å². The van der Waals surface area contributed by atoms with Gasteiger partial charge < -0.3 is 9.80 Å². The molecule has 2 saturated heterocycles. The fourth-order valence-electron chi connectivity index (χ4n) is 4.62. The molecule has 0 aliphatic carbocycles. The third kappa shape index (κ3) is 4.03. The van der Waals surface area contributed by atoms with E-state index in [0.29, 0.717) is 37.0 Å². The van der Waals surface area contributed by atoms with Crippen molar-refractivity contribution in [2.24, 2.45) is 0 Å². The maximum absolute atomic E-state index is 13.3. The average molecular weight is 430 g/mol. The zero-order chi connectivity index (χ0) is 21.5. The van der Waals surface area contributed by atoms with Crippen LogP contribution < -0.4 is 9.80 Å². The summed E-state index contributed by atoms with van der Waals surface area (Å²) in [5, 5.41) is 0. The zero-order valence-electron chi connectivity index (χ0n) is 18.3. The number of hydrogen-bond donors (Lipinski definition) is 0. The van der Waals surface area contributed by atoms with Crippen LogP contribution in [0.2, 0.25) is 0 Å². The summed E-state index contributed by atoms with van der Waals surface area (Å²) in [6.07, 6.45) is 2.40. The van der Waals surface area contributed by atoms with Crippen molar-refractivity contribution in [3.8, 4) is 0 Å². The molecule has 2 aliphatic rings. The Labute approximate surface area is 179 Å². The third-order valence-corrected chi connectivity index (χ3v) is 8.19. The highest BCUT2D eigenvalue weighted by Gasteiger charge is 2.32. The summed E-state index contributed by atoms with van der Waals surface area (Å²) in [6, 6.07) is 5.92. The van der Waals surface area contributed by atoms with E-state index in [1.807, 2.05) is 45.9 Å². The van der Waals surface area contributed by atoms with E-state index >= 15 is 0 Å². The summed E-state index contributed by atoms with van der Waals surface area (Å²) in [7, 11) is -3.52. The molecule has 30 heavy (non-hydrogen) atoms. The summed E-state index contributed by atoms with van der Waals surface area (Å²) in [4.78, 5) is 14.3. The first kappa shape index (κ1) is 21.1. The van der Waals surface area contributed by atoms with Gasteiger partial charge in [-0.2, -0.15) is 9.29 Å². The molecule has 2 aliphatic heterocycles. The lowest BCUT2D eigenvalue weighted by Crippen LogP contribution is -2.49. The van der Waals surface area contributed by atoms with Crippen molar-refractivity contribution in [2.45, 2.75) is 45.4 Å². The molecular weight excluding hydrogens is 398 g/mol. The van der Waals surface area contributed by atoms with Gasteiger partial charge in [0, 0.05) is 51.0 Å². The van der Waals surface area contributed by atoms with E-state index in [4.69, 9.17) is 4.98 Å². The lowest BCUT2D eigenvalue weighted by molar-refractivity contribution is 0.382. The molecule has 0 bridgehead atoms. The Balaban J connectivity index is 1.52. The second-order valence-corrected chi connectivity index (χ2v) is 10.4. The molecule has 8 heteroatoms. The van der Waals surface area contributed by atoms with Crippen LogP contribution in [0.15, 0.2) is 23.1 Å². The van der Waals surface area contributed by atoms with Crippen LogP contribution in [0.5, 0.6) is 0 Å². The Morgan fingerprint density at radius 2 is 1.37 bits per heavy atom. The van der Waals surface area contributed by atoms with Crippen molar-refractivity contribution >= 4 is 21.8 Å². The van der Waals surface area contributed by atoms with Crippen LogP contribution in [0.4, 0.5) is 11.8 Å². The van der Waals surface area contributed by atoms with Gasteiger partial charge in [-0.1, -0.05) is 17.7 Å². The number of aryl methyl sites for hydroxylation is 4. The highest BCUT2D eigenvalue weighted by Crippen LogP contribution is 2.27. The van der Waals surface area contributed by atoms with Crippen LogP contribution in [0.3, 0.4) is 0 Å². The number of sulfonamides is 1. The van der Waals surface area contributed by atoms with Crippen molar-refractivity contribution < 1.29 is 8.42 Å². The Morgan fingerprint density at radius 3 is 1.97 bits per heavy atom. The fraction of sp³-hybridized carbons (Fsp3) is 0.545. The molecule has 3 heterocycles. The predicted octanol–water partition coefficient (Wildman–Crippen LogP) is 2.82. The minimum absolute atomic E-state index is 0.436. The predicted molar refractivity (Wildman–Crippen MR) is 120 cm³/mol. The van der Waals surface area contributed by atoms with Gasteiger partial charge in [0.25, 0.3) is 0 Å². The molecule has 1 aromatic carbocycles. The third-order valence-electron chi connectivity index (χ3n) is 5.98. The van der Waals surface area contributed by atoms with Crippen LogP contribution in [0.25, 0.3) is 0 Å². The topological polar surface area (TPSA) is 69.6 Å². The van der Waals surface area contributed by atoms with E-state index in [0.717, 1.165) is 41.3 Å². The Hall–Kier alpha value is -2.19. The minimum Gasteiger partial charge on any atom is -0.356 e. The first-order chi connectivity index (χ1) is 14.3. The molecule has 0 saturated carbocycles. The molecule has 7 nitrogen and oxygen atoms in total. The number of rotatable bonds is 4. The molecule has 0 unspecified atom stereocenters. The van der Waals surface area contributed by atoms with Crippen LogP contribution in [-0.2, 0) is 10.0 Å². The number of aromatic nitrogens is 2. The van der Waals surface area contributed by atoms with E-state index in [-0.39, 0.29) is 0 Å². The van der Waals surface area contributed by atoms with Gasteiger partial charge in [0.15, 0.2) is 0 Å². The number of benzene rings is 1. The molecule has 2 aromatic rings. The van der Waals surface area contributed by atoms with E-state index in [1.165, 1.54) is 12.8 Å². The van der Waals surface area contributed by atoms with Gasteiger partial charge in [0.1, 0.15) is 5.82 Å². The van der Waals surface area contributed by atoms with Crippen molar-refractivity contribution in [1.82, 2.24) is 14.3 Å². The van der Waals surface area contributed by atoms with Crippen LogP contribution >= 0.6 is 0 Å². The van der Waals surface area contributed by atoms with Crippen LogP contribution in [-0.4, -0.2) is 62.0 Å². The van der Waals surface area contributed by atoms with E-state index in [1.54, 1.807) is 4.31 Å². The largest absolute Gasteiger partial charge is 0.356 e. The van der Waals surface area contributed by atoms with Gasteiger partial charge in [-0.15, -0.1) is 0 Å². The average Bonchev–Trinajstić information content (AvgIpc) is 3.21. The van der Waals surface area contributed by atoms with Crippen molar-refractivity contribution in [3.05, 3.63) is 40.6 Å². The summed E-state index contributed by atoms with van der Waals surface area (Å²) >= 11 is 0. The molecule has 0 N–H and O–H groups in total. The Kier molecular flexibility index (Phi) is 5.72. The maximum Gasteiger partial charge on any atom is 0.243 e. The molecule has 1 aromatic heterocycles. The second-order valence-electron chi connectivity index (χ2n) is 8.48. The highest BCUT2D eigenvalue weighted by molar-refractivity contribution is 7.89. The molecular formula is C22H31N5O2S. The molecule has 0 atom stereocenters. The normalized spacial score (nSPS) is 18.3. The summed E-state index contributed by atoms with van der Waals surface area (Å²) in [5.41, 5.74) is 3.65. The van der Waals surface area contributed by atoms with Gasteiger partial charge in [-0.25, -0.2) is 13.4 Å². The first-order valence-corrected chi connectivity index (χ1v) is 12.1. The van der Waals surface area contributed by atoms with Gasteiger partial charge in [-0.05, 0) is 51.7 Å². The molecule has 2 fully saturated rings.